The topological polar surface area (TPSA) is 9.23 Å². The highest BCUT2D eigenvalue weighted by atomic mass is 35.5. The van der Waals surface area contributed by atoms with Crippen molar-refractivity contribution >= 4 is 11.6 Å². The summed E-state index contributed by atoms with van der Waals surface area (Å²) in [6, 6.07) is 0. The van der Waals surface area contributed by atoms with Crippen LogP contribution in [0.25, 0.3) is 0 Å². The lowest BCUT2D eigenvalue weighted by Gasteiger charge is -2.24. The third-order valence-corrected chi connectivity index (χ3v) is 3.02. The van der Waals surface area contributed by atoms with Crippen LogP contribution in [-0.2, 0) is 4.74 Å². The SMILES string of the molecule is C#CC=CCC1OC(CCC)=CC=CCC1Cl. The number of hydrogen-bond donors (Lipinski definition) is 0. The number of rotatable bonds is 4. The first kappa shape index (κ1) is 13.9. The van der Waals surface area contributed by atoms with Crippen LogP contribution >= 0.6 is 11.6 Å². The van der Waals surface area contributed by atoms with Crippen LogP contribution in [0, 0.1) is 12.3 Å². The van der Waals surface area contributed by atoms with E-state index in [1.54, 1.807) is 6.08 Å². The smallest absolute Gasteiger partial charge is 0.118 e. The Kier molecular flexibility index (Phi) is 6.58. The van der Waals surface area contributed by atoms with Crippen molar-refractivity contribution in [1.82, 2.24) is 0 Å². The molecule has 17 heavy (non-hydrogen) atoms. The van der Waals surface area contributed by atoms with E-state index in [9.17, 15) is 0 Å². The molecule has 0 spiro atoms. The number of alkyl halides is 1. The summed E-state index contributed by atoms with van der Waals surface area (Å²) in [7, 11) is 0. The molecule has 0 aliphatic carbocycles. The normalized spacial score (nSPS) is 24.6. The molecule has 1 rings (SSSR count). The van der Waals surface area contributed by atoms with E-state index >= 15 is 0 Å². The fourth-order valence-electron chi connectivity index (χ4n) is 1.70. The minimum absolute atomic E-state index is 0.00372. The zero-order valence-corrected chi connectivity index (χ0v) is 11.0. The van der Waals surface area contributed by atoms with Gasteiger partial charge in [-0.25, -0.2) is 0 Å². The highest BCUT2D eigenvalue weighted by Gasteiger charge is 2.20. The van der Waals surface area contributed by atoms with Gasteiger partial charge in [-0.2, -0.15) is 0 Å². The zero-order chi connectivity index (χ0) is 12.5. The van der Waals surface area contributed by atoms with Crippen LogP contribution in [0.15, 0.2) is 36.1 Å². The quantitative estimate of drug-likeness (QED) is 0.537. The van der Waals surface area contributed by atoms with Gasteiger partial charge in [0.15, 0.2) is 0 Å². The molecule has 0 aromatic rings. The van der Waals surface area contributed by atoms with Gasteiger partial charge >= 0.3 is 0 Å². The van der Waals surface area contributed by atoms with Gasteiger partial charge in [0, 0.05) is 12.8 Å². The van der Waals surface area contributed by atoms with E-state index in [1.807, 2.05) is 18.2 Å². The Bertz CT molecular complexity index is 346. The molecule has 2 heteroatoms. The molecule has 92 valence electrons. The summed E-state index contributed by atoms with van der Waals surface area (Å²) in [6.45, 7) is 2.14. The van der Waals surface area contributed by atoms with Crippen molar-refractivity contribution in [3.05, 3.63) is 36.1 Å². The fraction of sp³-hybridized carbons (Fsp3) is 0.467. The number of halogens is 1. The van der Waals surface area contributed by atoms with Crippen molar-refractivity contribution in [2.24, 2.45) is 0 Å². The Morgan fingerprint density at radius 1 is 1.65 bits per heavy atom. The predicted octanol–water partition coefficient (Wildman–Crippen LogP) is 4.20. The molecule has 0 N–H and O–H groups in total. The van der Waals surface area contributed by atoms with Crippen molar-refractivity contribution in [2.75, 3.05) is 0 Å². The molecule has 0 radical (unpaired) electrons. The summed E-state index contributed by atoms with van der Waals surface area (Å²) in [6.07, 6.45) is 18.6. The van der Waals surface area contributed by atoms with Crippen LogP contribution in [0.5, 0.6) is 0 Å². The van der Waals surface area contributed by atoms with Crippen LogP contribution in [-0.4, -0.2) is 11.5 Å². The zero-order valence-electron chi connectivity index (χ0n) is 10.2. The van der Waals surface area contributed by atoms with Crippen molar-refractivity contribution < 1.29 is 4.74 Å². The molecular formula is C15H19ClO. The van der Waals surface area contributed by atoms with Gasteiger partial charge in [0.25, 0.3) is 0 Å². The first-order chi connectivity index (χ1) is 8.27. The minimum atomic E-state index is -0.00534. The molecule has 2 atom stereocenters. The van der Waals surface area contributed by atoms with Crippen molar-refractivity contribution in [2.45, 2.75) is 44.1 Å². The standard InChI is InChI=1S/C15H19ClO/c1-3-5-6-12-15-14(16)11-8-7-10-13(17-15)9-4-2/h1,5-8,10,14-15H,4,9,11-12H2,2H3. The molecule has 2 unspecified atom stereocenters. The molecule has 0 saturated heterocycles. The third kappa shape index (κ3) is 5.15. The summed E-state index contributed by atoms with van der Waals surface area (Å²) < 4.78 is 5.95. The maximum atomic E-state index is 6.32. The average molecular weight is 251 g/mol. The molecular weight excluding hydrogens is 232 g/mol. The van der Waals surface area contributed by atoms with Gasteiger partial charge in [0.2, 0.25) is 0 Å². The van der Waals surface area contributed by atoms with Crippen molar-refractivity contribution in [3.63, 3.8) is 0 Å². The Morgan fingerprint density at radius 2 is 2.47 bits per heavy atom. The number of ether oxygens (including phenoxy) is 1. The molecule has 0 saturated carbocycles. The van der Waals surface area contributed by atoms with E-state index < -0.39 is 0 Å². The fourth-order valence-corrected chi connectivity index (χ4v) is 1.96. The van der Waals surface area contributed by atoms with Gasteiger partial charge in [-0.1, -0.05) is 31.1 Å². The van der Waals surface area contributed by atoms with Crippen LogP contribution in [0.4, 0.5) is 0 Å². The summed E-state index contributed by atoms with van der Waals surface area (Å²) in [5, 5.41) is -0.00534. The minimum Gasteiger partial charge on any atom is -0.493 e. The molecule has 0 aromatic carbocycles. The summed E-state index contributed by atoms with van der Waals surface area (Å²) in [4.78, 5) is 0. The molecule has 0 bridgehead atoms. The first-order valence-corrected chi connectivity index (χ1v) is 6.49. The average Bonchev–Trinajstić information content (AvgIpc) is 2.31. The van der Waals surface area contributed by atoms with Crippen LogP contribution < -0.4 is 0 Å². The number of hydrogen-bond acceptors (Lipinski definition) is 1. The number of terminal acetylenes is 1. The molecule has 1 aliphatic rings. The Hall–Kier alpha value is -1.13. The van der Waals surface area contributed by atoms with E-state index in [0.717, 1.165) is 31.4 Å². The van der Waals surface area contributed by atoms with Gasteiger partial charge in [0.1, 0.15) is 6.10 Å². The monoisotopic (exact) mass is 250 g/mol. The van der Waals surface area contributed by atoms with E-state index in [2.05, 4.69) is 18.9 Å². The molecule has 0 aromatic heterocycles. The van der Waals surface area contributed by atoms with E-state index in [1.165, 1.54) is 0 Å². The molecule has 1 heterocycles. The maximum absolute atomic E-state index is 6.32. The molecule has 1 aliphatic heterocycles. The lowest BCUT2D eigenvalue weighted by Crippen LogP contribution is -2.24. The second-order valence-corrected chi connectivity index (χ2v) is 4.58. The first-order valence-electron chi connectivity index (χ1n) is 6.05. The summed E-state index contributed by atoms with van der Waals surface area (Å²) in [5.41, 5.74) is 0. The van der Waals surface area contributed by atoms with E-state index in [0.29, 0.717) is 0 Å². The van der Waals surface area contributed by atoms with Crippen LogP contribution in [0.1, 0.15) is 32.6 Å². The largest absolute Gasteiger partial charge is 0.493 e. The lowest BCUT2D eigenvalue weighted by atomic mass is 10.1. The van der Waals surface area contributed by atoms with Crippen molar-refractivity contribution in [3.8, 4) is 12.3 Å². The highest BCUT2D eigenvalue weighted by Crippen LogP contribution is 2.23. The third-order valence-electron chi connectivity index (χ3n) is 2.56. The Labute approximate surface area is 109 Å². The second-order valence-electron chi connectivity index (χ2n) is 4.02. The highest BCUT2D eigenvalue weighted by molar-refractivity contribution is 6.21. The van der Waals surface area contributed by atoms with Crippen molar-refractivity contribution in [1.29, 1.82) is 0 Å². The van der Waals surface area contributed by atoms with Gasteiger partial charge < -0.3 is 4.74 Å². The summed E-state index contributed by atoms with van der Waals surface area (Å²) in [5.74, 6) is 3.49. The second kappa shape index (κ2) is 8.03. The van der Waals surface area contributed by atoms with Crippen LogP contribution in [0.2, 0.25) is 0 Å². The molecule has 0 amide bonds. The number of allylic oxidation sites excluding steroid dienone is 5. The Morgan fingerprint density at radius 3 is 3.18 bits per heavy atom. The van der Waals surface area contributed by atoms with Gasteiger partial charge in [-0.15, -0.1) is 18.0 Å². The van der Waals surface area contributed by atoms with E-state index in [-0.39, 0.29) is 11.5 Å². The van der Waals surface area contributed by atoms with E-state index in [4.69, 9.17) is 22.8 Å². The maximum Gasteiger partial charge on any atom is 0.118 e. The Balaban J connectivity index is 2.67. The van der Waals surface area contributed by atoms with Gasteiger partial charge in [-0.3, -0.25) is 0 Å². The predicted molar refractivity (Wildman–Crippen MR) is 73.9 cm³/mol. The molecule has 1 nitrogen and oxygen atoms in total. The lowest BCUT2D eigenvalue weighted by molar-refractivity contribution is 0.107. The van der Waals surface area contributed by atoms with Crippen LogP contribution in [0.3, 0.4) is 0 Å². The summed E-state index contributed by atoms with van der Waals surface area (Å²) >= 11 is 6.32. The van der Waals surface area contributed by atoms with Gasteiger partial charge in [-0.05, 0) is 25.0 Å². The molecule has 0 fully saturated rings. The van der Waals surface area contributed by atoms with Gasteiger partial charge in [0.05, 0.1) is 11.1 Å².